The molecule has 8 heteroatoms. The molecule has 2 atom stereocenters. The first kappa shape index (κ1) is 27.8. The Labute approximate surface area is 174 Å². The molecule has 0 rings (SSSR count). The molecule has 0 aromatic carbocycles. The monoisotopic (exact) mass is 440 g/mol. The first-order valence-electron chi connectivity index (χ1n) is 10.00. The van der Waals surface area contributed by atoms with Crippen molar-refractivity contribution < 1.29 is 16.8 Å². The molecule has 0 spiro atoms. The van der Waals surface area contributed by atoms with E-state index in [4.69, 9.17) is 0 Å². The normalized spacial score (nSPS) is 17.4. The van der Waals surface area contributed by atoms with Crippen molar-refractivity contribution in [2.45, 2.75) is 118 Å². The smallest absolute Gasteiger partial charge is 0.212 e. The van der Waals surface area contributed by atoms with Gasteiger partial charge in [0.05, 0.1) is 9.49 Å². The highest BCUT2D eigenvalue weighted by molar-refractivity contribution is 7.91. The highest BCUT2D eigenvalue weighted by atomic mass is 32.2. The van der Waals surface area contributed by atoms with Crippen molar-refractivity contribution in [1.29, 1.82) is 0 Å². The summed E-state index contributed by atoms with van der Waals surface area (Å²) in [6.07, 6.45) is 0.992. The minimum atomic E-state index is -3.54. The Hall–Kier alpha value is -0.180. The van der Waals surface area contributed by atoms with Gasteiger partial charge in [-0.05, 0) is 72.1 Å². The molecule has 6 nitrogen and oxygen atoms in total. The number of nitrogens with one attached hydrogen (secondary N) is 2. The maximum Gasteiger partial charge on any atom is 0.217 e. The van der Waals surface area contributed by atoms with Crippen LogP contribution in [0, 0.1) is 10.8 Å². The maximum atomic E-state index is 12.9. The van der Waals surface area contributed by atoms with Crippen LogP contribution in [0.4, 0.5) is 0 Å². The molecule has 0 aliphatic rings. The molecule has 0 amide bonds. The summed E-state index contributed by atoms with van der Waals surface area (Å²) >= 11 is 0. The van der Waals surface area contributed by atoms with Crippen LogP contribution in [-0.2, 0) is 20.0 Å². The molecule has 170 valence electrons. The zero-order valence-electron chi connectivity index (χ0n) is 20.0. The van der Waals surface area contributed by atoms with Crippen LogP contribution in [-0.4, -0.2) is 38.4 Å². The SMILES string of the molecule is C[C@H](NS(=O)(=O)C(C)(C)C)C(C)(C)CCC(C)(C)S(=O)(=O)N[C@H](C)C(C)(C)C. The van der Waals surface area contributed by atoms with E-state index in [9.17, 15) is 16.8 Å². The van der Waals surface area contributed by atoms with Gasteiger partial charge in [-0.15, -0.1) is 0 Å². The average Bonchev–Trinajstić information content (AvgIpc) is 2.42. The molecule has 0 aromatic heterocycles. The van der Waals surface area contributed by atoms with Crippen molar-refractivity contribution >= 4 is 20.0 Å². The van der Waals surface area contributed by atoms with E-state index in [-0.39, 0.29) is 17.5 Å². The Bertz CT molecular complexity index is 725. The Balaban J connectivity index is 5.27. The molecule has 0 aromatic rings. The highest BCUT2D eigenvalue weighted by Gasteiger charge is 2.40. The van der Waals surface area contributed by atoms with Crippen molar-refractivity contribution in [1.82, 2.24) is 9.44 Å². The van der Waals surface area contributed by atoms with Crippen molar-refractivity contribution in [3.05, 3.63) is 0 Å². The second-order valence-electron chi connectivity index (χ2n) is 11.4. The first-order chi connectivity index (χ1) is 12.0. The zero-order chi connectivity index (χ0) is 23.0. The van der Waals surface area contributed by atoms with Gasteiger partial charge in [0.15, 0.2) is 0 Å². The van der Waals surface area contributed by atoms with E-state index in [1.807, 2.05) is 48.5 Å². The fourth-order valence-electron chi connectivity index (χ4n) is 2.11. The topological polar surface area (TPSA) is 92.3 Å². The molecule has 0 saturated heterocycles. The van der Waals surface area contributed by atoms with Crippen LogP contribution in [0.2, 0.25) is 0 Å². The zero-order valence-corrected chi connectivity index (χ0v) is 21.7. The molecule has 28 heavy (non-hydrogen) atoms. The highest BCUT2D eigenvalue weighted by Crippen LogP contribution is 2.34. The van der Waals surface area contributed by atoms with Crippen molar-refractivity contribution in [2.24, 2.45) is 10.8 Å². The van der Waals surface area contributed by atoms with Gasteiger partial charge in [-0.1, -0.05) is 34.6 Å². The van der Waals surface area contributed by atoms with Crippen molar-refractivity contribution in [3.8, 4) is 0 Å². The van der Waals surface area contributed by atoms with Crippen LogP contribution in [0.5, 0.6) is 0 Å². The maximum absolute atomic E-state index is 12.9. The number of hydrogen-bond donors (Lipinski definition) is 2. The minimum Gasteiger partial charge on any atom is -0.212 e. The average molecular weight is 441 g/mol. The third-order valence-electron chi connectivity index (χ3n) is 6.04. The Morgan fingerprint density at radius 2 is 1.04 bits per heavy atom. The summed E-state index contributed by atoms with van der Waals surface area (Å²) in [5, 5.41) is 0. The third kappa shape index (κ3) is 7.26. The van der Waals surface area contributed by atoms with Crippen molar-refractivity contribution in [2.75, 3.05) is 0 Å². The quantitative estimate of drug-likeness (QED) is 0.566. The Morgan fingerprint density at radius 3 is 1.39 bits per heavy atom. The van der Waals surface area contributed by atoms with Gasteiger partial charge in [-0.3, -0.25) is 0 Å². The van der Waals surface area contributed by atoms with E-state index < -0.39 is 35.0 Å². The summed E-state index contributed by atoms with van der Waals surface area (Å²) in [6.45, 7) is 22.1. The van der Waals surface area contributed by atoms with Gasteiger partial charge in [0.2, 0.25) is 20.0 Å². The predicted octanol–water partition coefficient (Wildman–Crippen LogP) is 4.03. The molecule has 0 aliphatic carbocycles. The van der Waals surface area contributed by atoms with E-state index in [1.54, 1.807) is 34.6 Å². The largest absolute Gasteiger partial charge is 0.217 e. The molecule has 2 N–H and O–H groups in total. The summed E-state index contributed by atoms with van der Waals surface area (Å²) < 4.78 is 54.5. The van der Waals surface area contributed by atoms with Crippen LogP contribution in [0.1, 0.15) is 95.9 Å². The fraction of sp³-hybridized carbons (Fsp3) is 1.00. The van der Waals surface area contributed by atoms with Gasteiger partial charge < -0.3 is 0 Å². The fourth-order valence-corrected chi connectivity index (χ4v) is 4.76. The molecule has 0 unspecified atom stereocenters. The van der Waals surface area contributed by atoms with Gasteiger partial charge in [-0.2, -0.15) is 0 Å². The number of hydrogen-bond acceptors (Lipinski definition) is 4. The lowest BCUT2D eigenvalue weighted by Crippen LogP contribution is -2.51. The van der Waals surface area contributed by atoms with E-state index >= 15 is 0 Å². The predicted molar refractivity (Wildman–Crippen MR) is 119 cm³/mol. The van der Waals surface area contributed by atoms with Crippen LogP contribution in [0.3, 0.4) is 0 Å². The van der Waals surface area contributed by atoms with Gasteiger partial charge in [-0.25, -0.2) is 26.3 Å². The Kier molecular flexibility index (Phi) is 8.46. The van der Waals surface area contributed by atoms with Crippen LogP contribution in [0.25, 0.3) is 0 Å². The van der Waals surface area contributed by atoms with E-state index in [1.165, 1.54) is 0 Å². The molecule has 0 radical (unpaired) electrons. The third-order valence-corrected chi connectivity index (χ3v) is 10.6. The van der Waals surface area contributed by atoms with Crippen LogP contribution in [0.15, 0.2) is 0 Å². The van der Waals surface area contributed by atoms with Crippen molar-refractivity contribution in [3.63, 3.8) is 0 Å². The summed E-state index contributed by atoms with van der Waals surface area (Å²) in [4.78, 5) is 0. The van der Waals surface area contributed by atoms with Gasteiger partial charge >= 0.3 is 0 Å². The lowest BCUT2D eigenvalue weighted by molar-refractivity contribution is 0.243. The van der Waals surface area contributed by atoms with Gasteiger partial charge in [0.25, 0.3) is 0 Å². The Morgan fingerprint density at radius 1 is 0.643 bits per heavy atom. The van der Waals surface area contributed by atoms with E-state index in [2.05, 4.69) is 9.44 Å². The van der Waals surface area contributed by atoms with Gasteiger partial charge in [0.1, 0.15) is 0 Å². The summed E-state index contributed by atoms with van der Waals surface area (Å²) in [5.74, 6) is 0. The molecule has 0 aliphatic heterocycles. The van der Waals surface area contributed by atoms with Gasteiger partial charge in [0, 0.05) is 12.1 Å². The van der Waals surface area contributed by atoms with Crippen LogP contribution >= 0.6 is 0 Å². The number of sulfonamides is 2. The van der Waals surface area contributed by atoms with E-state index in [0.717, 1.165) is 0 Å². The molecule has 0 fully saturated rings. The molecule has 0 saturated carbocycles. The lowest BCUT2D eigenvalue weighted by atomic mass is 9.80. The first-order valence-corrected chi connectivity index (χ1v) is 13.0. The molecule has 0 heterocycles. The molecular weight excluding hydrogens is 396 g/mol. The molecule has 0 bridgehead atoms. The second kappa shape index (κ2) is 8.52. The second-order valence-corrected chi connectivity index (χ2v) is 16.2. The lowest BCUT2D eigenvalue weighted by Gasteiger charge is -2.37. The summed E-state index contributed by atoms with van der Waals surface area (Å²) in [7, 11) is -7.01. The number of rotatable bonds is 9. The molecular formula is C20H44N2O4S2. The minimum absolute atomic E-state index is 0.178. The summed E-state index contributed by atoms with van der Waals surface area (Å²) in [6, 6.07) is -0.515. The standard InChI is InChI=1S/C20H44N2O4S2/c1-15(17(3,4)5)21-28(25,26)20(11,12)14-13-19(9,10)16(2)22-27(23,24)18(6,7)8/h15-16,21-22H,13-14H2,1-12H3/t15-,16+/m1/s1. The van der Waals surface area contributed by atoms with E-state index in [0.29, 0.717) is 12.8 Å². The summed E-state index contributed by atoms with van der Waals surface area (Å²) in [5.41, 5.74) is -0.580. The van der Waals surface area contributed by atoms with Crippen LogP contribution < -0.4 is 9.44 Å².